The van der Waals surface area contributed by atoms with Crippen LogP contribution >= 0.6 is 0 Å². The highest BCUT2D eigenvalue weighted by Crippen LogP contribution is 1.92. The molecular formula is C10H23N3O. The van der Waals surface area contributed by atoms with Crippen LogP contribution in [0.5, 0.6) is 0 Å². The first-order valence-electron chi connectivity index (χ1n) is 5.25. The van der Waals surface area contributed by atoms with Crippen molar-refractivity contribution in [3.63, 3.8) is 0 Å². The second-order valence-corrected chi connectivity index (χ2v) is 3.81. The second-order valence-electron chi connectivity index (χ2n) is 3.81. The summed E-state index contributed by atoms with van der Waals surface area (Å²) in [7, 11) is 0. The van der Waals surface area contributed by atoms with E-state index in [0.29, 0.717) is 12.6 Å². The van der Waals surface area contributed by atoms with E-state index in [1.54, 1.807) is 0 Å². The lowest BCUT2D eigenvalue weighted by Crippen LogP contribution is -2.41. The number of aliphatic hydroxyl groups excluding tert-OH is 1. The molecular weight excluding hydrogens is 178 g/mol. The average Bonchev–Trinajstić information content (AvgIpc) is 2.13. The Kier molecular flexibility index (Phi) is 7.20. The molecule has 0 aliphatic heterocycles. The molecule has 0 bridgehead atoms. The minimum atomic E-state index is 0.185. The lowest BCUT2D eigenvalue weighted by atomic mass is 10.2. The summed E-state index contributed by atoms with van der Waals surface area (Å²) in [5.41, 5.74) is 0. The van der Waals surface area contributed by atoms with Gasteiger partial charge < -0.3 is 15.7 Å². The smallest absolute Gasteiger partial charge is 0.191 e. The molecule has 3 N–H and O–H groups in total. The second kappa shape index (κ2) is 7.62. The summed E-state index contributed by atoms with van der Waals surface area (Å²) in [6.07, 6.45) is 0. The van der Waals surface area contributed by atoms with Crippen molar-refractivity contribution in [2.24, 2.45) is 10.9 Å². The number of rotatable bonds is 5. The summed E-state index contributed by atoms with van der Waals surface area (Å²) in [5.74, 6) is 1.04. The van der Waals surface area contributed by atoms with E-state index < -0.39 is 0 Å². The van der Waals surface area contributed by atoms with Crippen LogP contribution in [-0.2, 0) is 0 Å². The fraction of sp³-hybridized carbons (Fsp3) is 0.900. The Morgan fingerprint density at radius 2 is 2.00 bits per heavy atom. The Morgan fingerprint density at radius 1 is 1.36 bits per heavy atom. The van der Waals surface area contributed by atoms with Crippen LogP contribution in [0.15, 0.2) is 4.99 Å². The molecule has 1 atom stereocenters. The standard InChI is InChI=1S/C10H23N3O/c1-5-11-10(13-8(2)3)12-6-9(4)7-14/h8-9,14H,5-7H2,1-4H3,(H2,11,12,13). The van der Waals surface area contributed by atoms with Gasteiger partial charge in [0, 0.05) is 25.7 Å². The quantitative estimate of drug-likeness (QED) is 0.450. The highest BCUT2D eigenvalue weighted by molar-refractivity contribution is 5.79. The van der Waals surface area contributed by atoms with Crippen molar-refractivity contribution >= 4 is 5.96 Å². The molecule has 0 aliphatic carbocycles. The maximum atomic E-state index is 8.85. The number of aliphatic imine (C=N–C) groups is 1. The molecule has 0 aromatic carbocycles. The van der Waals surface area contributed by atoms with Gasteiger partial charge >= 0.3 is 0 Å². The Hall–Kier alpha value is -0.770. The lowest BCUT2D eigenvalue weighted by Gasteiger charge is -2.14. The van der Waals surface area contributed by atoms with Crippen LogP contribution in [-0.4, -0.2) is 36.8 Å². The third kappa shape index (κ3) is 6.71. The van der Waals surface area contributed by atoms with E-state index in [2.05, 4.69) is 29.5 Å². The number of hydrogen-bond donors (Lipinski definition) is 3. The molecule has 1 unspecified atom stereocenters. The van der Waals surface area contributed by atoms with Gasteiger partial charge in [-0.25, -0.2) is 0 Å². The van der Waals surface area contributed by atoms with Crippen LogP contribution < -0.4 is 10.6 Å². The predicted octanol–water partition coefficient (Wildman–Crippen LogP) is 0.578. The average molecular weight is 201 g/mol. The Labute approximate surface area is 86.8 Å². The zero-order valence-corrected chi connectivity index (χ0v) is 9.67. The molecule has 0 fully saturated rings. The van der Waals surface area contributed by atoms with E-state index in [9.17, 15) is 0 Å². The van der Waals surface area contributed by atoms with E-state index in [1.807, 2.05) is 13.8 Å². The minimum absolute atomic E-state index is 0.185. The van der Waals surface area contributed by atoms with Gasteiger partial charge in [0.15, 0.2) is 5.96 Å². The maximum absolute atomic E-state index is 8.85. The van der Waals surface area contributed by atoms with Crippen LogP contribution in [0.4, 0.5) is 0 Å². The van der Waals surface area contributed by atoms with E-state index in [0.717, 1.165) is 12.5 Å². The van der Waals surface area contributed by atoms with Gasteiger partial charge in [-0.2, -0.15) is 0 Å². The van der Waals surface area contributed by atoms with Crippen molar-refractivity contribution < 1.29 is 5.11 Å². The molecule has 0 amide bonds. The summed E-state index contributed by atoms with van der Waals surface area (Å²) < 4.78 is 0. The Balaban J connectivity index is 4.03. The number of hydrogen-bond acceptors (Lipinski definition) is 2. The summed E-state index contributed by atoms with van der Waals surface area (Å²) >= 11 is 0. The van der Waals surface area contributed by atoms with Gasteiger partial charge in [0.25, 0.3) is 0 Å². The largest absolute Gasteiger partial charge is 0.396 e. The number of aliphatic hydroxyl groups is 1. The van der Waals surface area contributed by atoms with Gasteiger partial charge in [0.2, 0.25) is 0 Å². The first-order valence-corrected chi connectivity index (χ1v) is 5.25. The molecule has 0 radical (unpaired) electrons. The summed E-state index contributed by atoms with van der Waals surface area (Å²) in [5, 5.41) is 15.2. The van der Waals surface area contributed by atoms with Gasteiger partial charge in [-0.05, 0) is 26.7 Å². The Bertz CT molecular complexity index is 169. The molecule has 14 heavy (non-hydrogen) atoms. The van der Waals surface area contributed by atoms with Crippen molar-refractivity contribution in [1.29, 1.82) is 0 Å². The number of guanidine groups is 1. The zero-order valence-electron chi connectivity index (χ0n) is 9.67. The van der Waals surface area contributed by atoms with Gasteiger partial charge in [-0.15, -0.1) is 0 Å². The monoisotopic (exact) mass is 201 g/mol. The fourth-order valence-corrected chi connectivity index (χ4v) is 0.898. The summed E-state index contributed by atoms with van der Waals surface area (Å²) in [6.45, 7) is 9.84. The lowest BCUT2D eigenvalue weighted by molar-refractivity contribution is 0.241. The van der Waals surface area contributed by atoms with Crippen molar-refractivity contribution in [2.75, 3.05) is 19.7 Å². The van der Waals surface area contributed by atoms with E-state index in [4.69, 9.17) is 5.11 Å². The number of nitrogens with zero attached hydrogens (tertiary/aromatic N) is 1. The first-order chi connectivity index (χ1) is 6.60. The predicted molar refractivity (Wildman–Crippen MR) is 60.5 cm³/mol. The summed E-state index contributed by atoms with van der Waals surface area (Å²) in [4.78, 5) is 4.36. The third-order valence-corrected chi connectivity index (χ3v) is 1.64. The van der Waals surface area contributed by atoms with E-state index >= 15 is 0 Å². The van der Waals surface area contributed by atoms with Crippen LogP contribution in [0.2, 0.25) is 0 Å². The van der Waals surface area contributed by atoms with Crippen LogP contribution in [0, 0.1) is 5.92 Å². The van der Waals surface area contributed by atoms with Crippen LogP contribution in [0.25, 0.3) is 0 Å². The fourth-order valence-electron chi connectivity index (χ4n) is 0.898. The maximum Gasteiger partial charge on any atom is 0.191 e. The molecule has 4 nitrogen and oxygen atoms in total. The first kappa shape index (κ1) is 13.2. The van der Waals surface area contributed by atoms with E-state index in [1.165, 1.54) is 0 Å². The SMILES string of the molecule is CCNC(=NCC(C)CO)NC(C)C. The molecule has 0 saturated carbocycles. The minimum Gasteiger partial charge on any atom is -0.396 e. The van der Waals surface area contributed by atoms with Crippen LogP contribution in [0.3, 0.4) is 0 Å². The van der Waals surface area contributed by atoms with Gasteiger partial charge in [-0.3, -0.25) is 4.99 Å². The Morgan fingerprint density at radius 3 is 2.43 bits per heavy atom. The third-order valence-electron chi connectivity index (χ3n) is 1.64. The number of nitrogens with one attached hydrogen (secondary N) is 2. The highest BCUT2D eigenvalue weighted by Gasteiger charge is 2.01. The topological polar surface area (TPSA) is 56.7 Å². The molecule has 0 spiro atoms. The summed E-state index contributed by atoms with van der Waals surface area (Å²) in [6, 6.07) is 0.372. The molecule has 4 heteroatoms. The highest BCUT2D eigenvalue weighted by atomic mass is 16.3. The van der Waals surface area contributed by atoms with Crippen LogP contribution in [0.1, 0.15) is 27.7 Å². The van der Waals surface area contributed by atoms with Gasteiger partial charge in [0.1, 0.15) is 0 Å². The van der Waals surface area contributed by atoms with E-state index in [-0.39, 0.29) is 12.5 Å². The molecule has 0 aliphatic rings. The molecule has 0 aromatic rings. The van der Waals surface area contributed by atoms with Crippen molar-refractivity contribution in [3.8, 4) is 0 Å². The van der Waals surface area contributed by atoms with Crippen molar-refractivity contribution in [3.05, 3.63) is 0 Å². The van der Waals surface area contributed by atoms with Crippen molar-refractivity contribution in [2.45, 2.75) is 33.7 Å². The molecule has 0 saturated heterocycles. The van der Waals surface area contributed by atoms with Gasteiger partial charge in [-0.1, -0.05) is 6.92 Å². The molecule has 0 heterocycles. The zero-order chi connectivity index (χ0) is 11.0. The van der Waals surface area contributed by atoms with Crippen molar-refractivity contribution in [1.82, 2.24) is 10.6 Å². The molecule has 0 aromatic heterocycles. The normalized spacial score (nSPS) is 14.3. The van der Waals surface area contributed by atoms with Gasteiger partial charge in [0.05, 0.1) is 0 Å². The molecule has 0 rings (SSSR count). The molecule has 84 valence electrons.